The quantitative estimate of drug-likeness (QED) is 0.632. The third-order valence-corrected chi connectivity index (χ3v) is 4.79. The standard InChI is InChI=1S/C22H22N6O2/c1-2-21(29)26-18-5-3-15(4-6-18)16-11-19(17-13-24-22(23)25-14-17)27-20(12-16)28-7-9-30-10-8-28/h2-6,11-14H,1,7-10H2,(H,26,29)(H2,23,24,25). The number of aromatic nitrogens is 3. The molecule has 0 radical (unpaired) electrons. The number of amides is 1. The summed E-state index contributed by atoms with van der Waals surface area (Å²) >= 11 is 0. The van der Waals surface area contributed by atoms with Crippen molar-refractivity contribution in [2.45, 2.75) is 0 Å². The van der Waals surface area contributed by atoms with Crippen molar-refractivity contribution in [2.75, 3.05) is 42.3 Å². The van der Waals surface area contributed by atoms with Crippen LogP contribution < -0.4 is 16.0 Å². The zero-order valence-corrected chi connectivity index (χ0v) is 16.4. The number of benzene rings is 1. The van der Waals surface area contributed by atoms with Gasteiger partial charge in [0.05, 0.1) is 18.9 Å². The highest BCUT2D eigenvalue weighted by Gasteiger charge is 2.16. The van der Waals surface area contributed by atoms with Gasteiger partial charge in [0.15, 0.2) is 0 Å². The summed E-state index contributed by atoms with van der Waals surface area (Å²) in [5.41, 5.74) is 9.89. The van der Waals surface area contributed by atoms with Crippen LogP contribution in [0, 0.1) is 0 Å². The van der Waals surface area contributed by atoms with E-state index in [1.54, 1.807) is 12.4 Å². The van der Waals surface area contributed by atoms with E-state index in [1.807, 2.05) is 30.3 Å². The number of carbonyl (C=O) groups excluding carboxylic acids is 1. The zero-order chi connectivity index (χ0) is 20.9. The monoisotopic (exact) mass is 402 g/mol. The largest absolute Gasteiger partial charge is 0.378 e. The van der Waals surface area contributed by atoms with Crippen molar-refractivity contribution in [1.82, 2.24) is 15.0 Å². The van der Waals surface area contributed by atoms with Crippen molar-refractivity contribution in [3.63, 3.8) is 0 Å². The van der Waals surface area contributed by atoms with Crippen LogP contribution in [0.4, 0.5) is 17.5 Å². The molecule has 1 aliphatic heterocycles. The molecule has 3 heterocycles. The van der Waals surface area contributed by atoms with Gasteiger partial charge in [-0.3, -0.25) is 4.79 Å². The number of nitrogens with zero attached hydrogens (tertiary/aromatic N) is 4. The molecule has 8 heteroatoms. The third-order valence-electron chi connectivity index (χ3n) is 4.79. The van der Waals surface area contributed by atoms with Gasteiger partial charge in [-0.1, -0.05) is 18.7 Å². The number of nitrogens with one attached hydrogen (secondary N) is 1. The van der Waals surface area contributed by atoms with Crippen LogP contribution in [0.1, 0.15) is 0 Å². The molecule has 4 rings (SSSR count). The molecule has 1 saturated heterocycles. The zero-order valence-electron chi connectivity index (χ0n) is 16.4. The molecule has 8 nitrogen and oxygen atoms in total. The second kappa shape index (κ2) is 8.71. The van der Waals surface area contributed by atoms with Crippen LogP contribution in [0.2, 0.25) is 0 Å². The Morgan fingerprint density at radius 3 is 2.43 bits per heavy atom. The topological polar surface area (TPSA) is 106 Å². The lowest BCUT2D eigenvalue weighted by atomic mass is 10.0. The molecule has 0 bridgehead atoms. The average molecular weight is 402 g/mol. The molecule has 2 aromatic heterocycles. The maximum atomic E-state index is 11.5. The number of morpholine rings is 1. The molecule has 0 spiro atoms. The number of carbonyl (C=O) groups is 1. The van der Waals surface area contributed by atoms with Gasteiger partial charge < -0.3 is 20.7 Å². The van der Waals surface area contributed by atoms with Gasteiger partial charge in [-0.25, -0.2) is 15.0 Å². The van der Waals surface area contributed by atoms with E-state index in [1.165, 1.54) is 6.08 Å². The lowest BCUT2D eigenvalue weighted by molar-refractivity contribution is -0.111. The van der Waals surface area contributed by atoms with Crippen LogP contribution in [0.5, 0.6) is 0 Å². The molecule has 0 aliphatic carbocycles. The Bertz CT molecular complexity index is 1040. The molecule has 1 aromatic carbocycles. The fourth-order valence-electron chi connectivity index (χ4n) is 3.19. The Morgan fingerprint density at radius 1 is 1.07 bits per heavy atom. The Morgan fingerprint density at radius 2 is 1.77 bits per heavy atom. The normalized spacial score (nSPS) is 13.7. The SMILES string of the molecule is C=CC(=O)Nc1ccc(-c2cc(-c3cnc(N)nc3)nc(N3CCOCC3)c2)cc1. The molecule has 0 saturated carbocycles. The molecule has 3 aromatic rings. The second-order valence-corrected chi connectivity index (χ2v) is 6.80. The molecule has 0 unspecified atom stereocenters. The van der Waals surface area contributed by atoms with Crippen molar-refractivity contribution in [3.05, 3.63) is 61.4 Å². The van der Waals surface area contributed by atoms with Gasteiger partial charge in [0.1, 0.15) is 5.82 Å². The number of hydrogen-bond acceptors (Lipinski definition) is 7. The summed E-state index contributed by atoms with van der Waals surface area (Å²) in [7, 11) is 0. The number of nitrogen functional groups attached to an aromatic ring is 1. The molecule has 1 fully saturated rings. The number of anilines is 3. The Labute approximate surface area is 174 Å². The van der Waals surface area contributed by atoms with Crippen molar-refractivity contribution in [2.24, 2.45) is 0 Å². The van der Waals surface area contributed by atoms with Crippen LogP contribution in [0.3, 0.4) is 0 Å². The van der Waals surface area contributed by atoms with Crippen LogP contribution in [0.15, 0.2) is 61.4 Å². The molecule has 3 N–H and O–H groups in total. The molecule has 0 atom stereocenters. The number of pyridine rings is 1. The van der Waals surface area contributed by atoms with E-state index in [9.17, 15) is 4.79 Å². The Balaban J connectivity index is 1.72. The summed E-state index contributed by atoms with van der Waals surface area (Å²) < 4.78 is 5.47. The fraction of sp³-hybridized carbons (Fsp3) is 0.182. The van der Waals surface area contributed by atoms with E-state index in [0.717, 1.165) is 41.3 Å². The summed E-state index contributed by atoms with van der Waals surface area (Å²) in [5, 5.41) is 2.76. The van der Waals surface area contributed by atoms with Crippen LogP contribution in [-0.2, 0) is 9.53 Å². The summed E-state index contributed by atoms with van der Waals surface area (Å²) in [6, 6.07) is 11.7. The van der Waals surface area contributed by atoms with E-state index in [4.69, 9.17) is 15.5 Å². The third kappa shape index (κ3) is 4.44. The van der Waals surface area contributed by atoms with Gasteiger partial charge in [0.2, 0.25) is 11.9 Å². The molecular weight excluding hydrogens is 380 g/mol. The van der Waals surface area contributed by atoms with E-state index in [-0.39, 0.29) is 11.9 Å². The first kappa shape index (κ1) is 19.5. The molecule has 30 heavy (non-hydrogen) atoms. The van der Waals surface area contributed by atoms with Crippen molar-refractivity contribution in [1.29, 1.82) is 0 Å². The van der Waals surface area contributed by atoms with Crippen LogP contribution in [-0.4, -0.2) is 47.2 Å². The summed E-state index contributed by atoms with van der Waals surface area (Å²) in [6.07, 6.45) is 4.59. The molecule has 1 aliphatic rings. The molecular formula is C22H22N6O2. The summed E-state index contributed by atoms with van der Waals surface area (Å²) in [4.78, 5) is 26.7. The van der Waals surface area contributed by atoms with Crippen molar-refractivity contribution >= 4 is 23.4 Å². The summed E-state index contributed by atoms with van der Waals surface area (Å²) in [5.74, 6) is 0.846. The highest BCUT2D eigenvalue weighted by atomic mass is 16.5. The van der Waals surface area contributed by atoms with Gasteiger partial charge in [0, 0.05) is 36.7 Å². The average Bonchev–Trinajstić information content (AvgIpc) is 2.80. The van der Waals surface area contributed by atoms with Crippen LogP contribution in [0.25, 0.3) is 22.4 Å². The van der Waals surface area contributed by atoms with Gasteiger partial charge in [-0.2, -0.15) is 0 Å². The highest BCUT2D eigenvalue weighted by molar-refractivity contribution is 5.99. The minimum atomic E-state index is -0.244. The first-order valence-corrected chi connectivity index (χ1v) is 9.59. The summed E-state index contributed by atoms with van der Waals surface area (Å²) in [6.45, 7) is 6.37. The van der Waals surface area contributed by atoms with Crippen molar-refractivity contribution < 1.29 is 9.53 Å². The van der Waals surface area contributed by atoms with Gasteiger partial charge in [-0.05, 0) is 41.5 Å². The number of nitrogens with two attached hydrogens (primary N) is 1. The number of hydrogen-bond donors (Lipinski definition) is 2. The first-order valence-electron chi connectivity index (χ1n) is 9.59. The van der Waals surface area contributed by atoms with Gasteiger partial charge in [-0.15, -0.1) is 0 Å². The smallest absolute Gasteiger partial charge is 0.247 e. The highest BCUT2D eigenvalue weighted by Crippen LogP contribution is 2.30. The van der Waals surface area contributed by atoms with Crippen molar-refractivity contribution in [3.8, 4) is 22.4 Å². The minimum Gasteiger partial charge on any atom is -0.378 e. The van der Waals surface area contributed by atoms with Crippen LogP contribution >= 0.6 is 0 Å². The Hall–Kier alpha value is -3.78. The predicted molar refractivity (Wildman–Crippen MR) is 117 cm³/mol. The maximum absolute atomic E-state index is 11.5. The predicted octanol–water partition coefficient (Wildman–Crippen LogP) is 2.75. The van der Waals surface area contributed by atoms with Gasteiger partial charge >= 0.3 is 0 Å². The lowest BCUT2D eigenvalue weighted by Crippen LogP contribution is -2.36. The van der Waals surface area contributed by atoms with Gasteiger partial charge in [0.25, 0.3) is 0 Å². The Kier molecular flexibility index (Phi) is 5.67. The first-order chi connectivity index (χ1) is 14.6. The minimum absolute atomic E-state index is 0.223. The second-order valence-electron chi connectivity index (χ2n) is 6.80. The molecule has 152 valence electrons. The number of rotatable bonds is 5. The van der Waals surface area contributed by atoms with E-state index in [2.05, 4.69) is 32.8 Å². The number of ether oxygens (including phenoxy) is 1. The van der Waals surface area contributed by atoms with E-state index < -0.39 is 0 Å². The fourth-order valence-corrected chi connectivity index (χ4v) is 3.19. The molecule has 1 amide bonds. The maximum Gasteiger partial charge on any atom is 0.247 e. The van der Waals surface area contributed by atoms with E-state index >= 15 is 0 Å². The lowest BCUT2D eigenvalue weighted by Gasteiger charge is -2.28. The van der Waals surface area contributed by atoms with E-state index in [0.29, 0.717) is 18.9 Å².